The van der Waals surface area contributed by atoms with Gasteiger partial charge in [0.2, 0.25) is 5.91 Å². The van der Waals surface area contributed by atoms with Crippen LogP contribution < -0.4 is 0 Å². The topological polar surface area (TPSA) is 124 Å². The van der Waals surface area contributed by atoms with E-state index in [9.17, 15) is 19.5 Å². The lowest BCUT2D eigenvalue weighted by Crippen LogP contribution is -2.39. The summed E-state index contributed by atoms with van der Waals surface area (Å²) in [4.78, 5) is 40.7. The maximum atomic E-state index is 12.8. The van der Waals surface area contributed by atoms with Crippen molar-refractivity contribution in [1.82, 2.24) is 29.8 Å². The molecule has 0 unspecified atom stereocenters. The number of aliphatic hydroxyl groups is 1. The van der Waals surface area contributed by atoms with Crippen LogP contribution in [-0.4, -0.2) is 78.2 Å². The SMILES string of the molecule is CC(=O)c1c(C)nn(CC(=O)N2CCc3c(C(=O)N4CC[C@@H](O)C4)n[nH]c3C2)c1C. The van der Waals surface area contributed by atoms with Gasteiger partial charge in [-0.15, -0.1) is 0 Å². The summed E-state index contributed by atoms with van der Waals surface area (Å²) in [5.41, 5.74) is 3.86. The highest BCUT2D eigenvalue weighted by Gasteiger charge is 2.32. The molecule has 1 fully saturated rings. The second-order valence-electron chi connectivity index (χ2n) is 8.05. The number of β-amino-alcohol motifs (C(OH)–C–C–N with tert-alkyl or cyclic N) is 1. The fourth-order valence-electron chi connectivity index (χ4n) is 4.37. The molecule has 0 radical (unpaired) electrons. The van der Waals surface area contributed by atoms with Crippen LogP contribution in [0.4, 0.5) is 0 Å². The molecular formula is C20H26N6O4. The van der Waals surface area contributed by atoms with Crippen LogP contribution in [0.3, 0.4) is 0 Å². The monoisotopic (exact) mass is 414 g/mol. The van der Waals surface area contributed by atoms with Gasteiger partial charge in [-0.25, -0.2) is 0 Å². The molecule has 2 aliphatic rings. The van der Waals surface area contributed by atoms with Crippen molar-refractivity contribution in [3.05, 3.63) is 33.9 Å². The summed E-state index contributed by atoms with van der Waals surface area (Å²) < 4.78 is 1.57. The molecule has 4 heterocycles. The Kier molecular flexibility index (Phi) is 5.19. The first kappa shape index (κ1) is 20.3. The summed E-state index contributed by atoms with van der Waals surface area (Å²) in [5.74, 6) is -0.346. The van der Waals surface area contributed by atoms with Gasteiger partial charge in [0.05, 0.1) is 29.6 Å². The zero-order valence-electron chi connectivity index (χ0n) is 17.4. The van der Waals surface area contributed by atoms with Crippen molar-refractivity contribution in [2.45, 2.75) is 52.8 Å². The lowest BCUT2D eigenvalue weighted by Gasteiger charge is -2.27. The van der Waals surface area contributed by atoms with Crippen LogP contribution in [0.5, 0.6) is 0 Å². The smallest absolute Gasteiger partial charge is 0.274 e. The summed E-state index contributed by atoms with van der Waals surface area (Å²) in [6.45, 7) is 6.78. The minimum absolute atomic E-state index is 0.0564. The third kappa shape index (κ3) is 3.51. The number of hydrogen-bond donors (Lipinski definition) is 2. The fraction of sp³-hybridized carbons (Fsp3) is 0.550. The van der Waals surface area contributed by atoms with Crippen molar-refractivity contribution in [2.75, 3.05) is 19.6 Å². The standard InChI is InChI=1S/C20H26N6O4/c1-11-18(13(3)27)12(2)26(23-11)10-17(29)24-7-5-15-16(9-24)21-22-19(15)20(30)25-6-4-14(28)8-25/h14,28H,4-10H2,1-3H3,(H,21,22)/t14-/m1/s1. The highest BCUT2D eigenvalue weighted by molar-refractivity contribution is 5.96. The third-order valence-corrected chi connectivity index (χ3v) is 5.96. The second-order valence-corrected chi connectivity index (χ2v) is 8.05. The molecule has 10 nitrogen and oxygen atoms in total. The van der Waals surface area contributed by atoms with Gasteiger partial charge >= 0.3 is 0 Å². The lowest BCUT2D eigenvalue weighted by atomic mass is 10.0. The Labute approximate surface area is 173 Å². The van der Waals surface area contributed by atoms with E-state index in [2.05, 4.69) is 15.3 Å². The maximum absolute atomic E-state index is 12.8. The Balaban J connectivity index is 1.46. The van der Waals surface area contributed by atoms with Crippen molar-refractivity contribution < 1.29 is 19.5 Å². The van der Waals surface area contributed by atoms with Gasteiger partial charge < -0.3 is 14.9 Å². The summed E-state index contributed by atoms with van der Waals surface area (Å²) in [5, 5.41) is 21.1. The molecule has 2 amide bonds. The van der Waals surface area contributed by atoms with E-state index in [0.717, 1.165) is 11.3 Å². The highest BCUT2D eigenvalue weighted by atomic mass is 16.3. The average Bonchev–Trinajstić information content (AvgIpc) is 3.38. The number of rotatable bonds is 4. The number of likely N-dealkylation sites (tertiary alicyclic amines) is 1. The molecule has 1 saturated heterocycles. The van der Waals surface area contributed by atoms with Crippen molar-refractivity contribution in [3.8, 4) is 0 Å². The first-order chi connectivity index (χ1) is 14.3. The van der Waals surface area contributed by atoms with Gasteiger partial charge in [0.25, 0.3) is 5.91 Å². The molecule has 30 heavy (non-hydrogen) atoms. The van der Waals surface area contributed by atoms with Crippen molar-refractivity contribution in [2.24, 2.45) is 0 Å². The van der Waals surface area contributed by atoms with Crippen LogP contribution in [0.2, 0.25) is 0 Å². The zero-order chi connectivity index (χ0) is 21.6. The summed E-state index contributed by atoms with van der Waals surface area (Å²) in [6.07, 6.45) is 0.637. The van der Waals surface area contributed by atoms with Crippen LogP contribution in [0.25, 0.3) is 0 Å². The number of nitrogens with one attached hydrogen (secondary N) is 1. The molecule has 2 N–H and O–H groups in total. The number of fused-ring (bicyclic) bond motifs is 1. The number of aromatic nitrogens is 4. The van der Waals surface area contributed by atoms with Crippen LogP contribution in [0.1, 0.15) is 56.8 Å². The number of hydrogen-bond acceptors (Lipinski definition) is 6. The van der Waals surface area contributed by atoms with Crippen LogP contribution in [0.15, 0.2) is 0 Å². The highest BCUT2D eigenvalue weighted by Crippen LogP contribution is 2.23. The number of aryl methyl sites for hydroxylation is 1. The van der Waals surface area contributed by atoms with E-state index in [-0.39, 0.29) is 24.1 Å². The Morgan fingerprint density at radius 2 is 1.97 bits per heavy atom. The molecule has 2 aromatic heterocycles. The van der Waals surface area contributed by atoms with Gasteiger partial charge in [-0.05, 0) is 33.6 Å². The van der Waals surface area contributed by atoms with Crippen LogP contribution in [-0.2, 0) is 24.3 Å². The third-order valence-electron chi connectivity index (χ3n) is 5.96. The second kappa shape index (κ2) is 7.67. The number of Topliss-reactive ketones (excluding diaryl/α,β-unsaturated/α-hetero) is 1. The molecule has 10 heteroatoms. The number of amides is 2. The Bertz CT molecular complexity index is 1020. The lowest BCUT2D eigenvalue weighted by molar-refractivity contribution is -0.133. The van der Waals surface area contributed by atoms with E-state index >= 15 is 0 Å². The number of carbonyl (C=O) groups excluding carboxylic acids is 3. The Morgan fingerprint density at radius 1 is 1.20 bits per heavy atom. The molecule has 1 atom stereocenters. The van der Waals surface area contributed by atoms with E-state index < -0.39 is 6.10 Å². The molecule has 0 aliphatic carbocycles. The van der Waals surface area contributed by atoms with Gasteiger partial charge in [0, 0.05) is 30.9 Å². The van der Waals surface area contributed by atoms with Crippen molar-refractivity contribution in [1.29, 1.82) is 0 Å². The zero-order valence-corrected chi connectivity index (χ0v) is 17.4. The normalized spacial score (nSPS) is 18.6. The quantitative estimate of drug-likeness (QED) is 0.690. The van der Waals surface area contributed by atoms with E-state index in [0.29, 0.717) is 61.7 Å². The fourth-order valence-corrected chi connectivity index (χ4v) is 4.37. The van der Waals surface area contributed by atoms with Crippen molar-refractivity contribution >= 4 is 17.6 Å². The van der Waals surface area contributed by atoms with Gasteiger partial charge in [-0.1, -0.05) is 0 Å². The van der Waals surface area contributed by atoms with Gasteiger partial charge in [0.15, 0.2) is 11.5 Å². The average molecular weight is 414 g/mol. The van der Waals surface area contributed by atoms with Crippen LogP contribution in [0, 0.1) is 13.8 Å². The number of aliphatic hydroxyl groups excluding tert-OH is 1. The Morgan fingerprint density at radius 3 is 2.60 bits per heavy atom. The number of ketones is 1. The molecule has 0 aromatic carbocycles. The molecule has 4 rings (SSSR count). The van der Waals surface area contributed by atoms with Crippen molar-refractivity contribution in [3.63, 3.8) is 0 Å². The first-order valence-electron chi connectivity index (χ1n) is 10.1. The molecular weight excluding hydrogens is 388 g/mol. The summed E-state index contributed by atoms with van der Waals surface area (Å²) in [6, 6.07) is 0. The predicted octanol–water partition coefficient (Wildman–Crippen LogP) is 0.217. The molecule has 2 aliphatic heterocycles. The van der Waals surface area contributed by atoms with E-state index in [1.165, 1.54) is 6.92 Å². The summed E-state index contributed by atoms with van der Waals surface area (Å²) in [7, 11) is 0. The molecule has 0 spiro atoms. The predicted molar refractivity (Wildman–Crippen MR) is 106 cm³/mol. The van der Waals surface area contributed by atoms with Gasteiger partial charge in [-0.2, -0.15) is 10.2 Å². The van der Waals surface area contributed by atoms with E-state index in [4.69, 9.17) is 0 Å². The number of aromatic amines is 1. The molecule has 2 aromatic rings. The van der Waals surface area contributed by atoms with Crippen LogP contribution >= 0.6 is 0 Å². The molecule has 160 valence electrons. The van der Waals surface area contributed by atoms with Gasteiger partial charge in [-0.3, -0.25) is 24.2 Å². The van der Waals surface area contributed by atoms with E-state index in [1.807, 2.05) is 0 Å². The number of nitrogens with zero attached hydrogens (tertiary/aromatic N) is 5. The molecule has 0 saturated carbocycles. The number of carbonyl (C=O) groups is 3. The van der Waals surface area contributed by atoms with E-state index in [1.54, 1.807) is 28.3 Å². The largest absolute Gasteiger partial charge is 0.391 e. The molecule has 0 bridgehead atoms. The summed E-state index contributed by atoms with van der Waals surface area (Å²) >= 11 is 0. The first-order valence-corrected chi connectivity index (χ1v) is 10.1. The Hall–Kier alpha value is -3.01. The number of H-pyrrole nitrogens is 1. The minimum Gasteiger partial charge on any atom is -0.391 e. The maximum Gasteiger partial charge on any atom is 0.274 e. The van der Waals surface area contributed by atoms with Gasteiger partial charge in [0.1, 0.15) is 6.54 Å². The minimum atomic E-state index is -0.477.